The molecule has 2 fully saturated rings. The van der Waals surface area contributed by atoms with Crippen LogP contribution in [-0.4, -0.2) is 47.6 Å². The summed E-state index contributed by atoms with van der Waals surface area (Å²) in [7, 11) is 0. The van der Waals surface area contributed by atoms with Gasteiger partial charge in [0.15, 0.2) is 0 Å². The third-order valence-corrected chi connectivity index (χ3v) is 7.34. The van der Waals surface area contributed by atoms with Crippen molar-refractivity contribution in [2.24, 2.45) is 17.8 Å². The smallest absolute Gasteiger partial charge is 0.245 e. The molecule has 4 rings (SSSR count). The van der Waals surface area contributed by atoms with Crippen LogP contribution in [0.4, 0.5) is 0 Å². The number of hydrogen-bond donors (Lipinski definition) is 1. The van der Waals surface area contributed by atoms with Crippen LogP contribution in [0.25, 0.3) is 0 Å². The predicted octanol–water partition coefficient (Wildman–Crippen LogP) is 4.01. The van der Waals surface area contributed by atoms with Crippen LogP contribution < -0.4 is 10.1 Å². The molecule has 6 nitrogen and oxygen atoms in total. The molecular formula is C26H38N2O4. The van der Waals surface area contributed by atoms with Crippen LogP contribution in [0.15, 0.2) is 18.2 Å². The Balaban J connectivity index is 1.51. The molecule has 3 aliphatic rings. The first-order chi connectivity index (χ1) is 15.0. The van der Waals surface area contributed by atoms with E-state index in [0.29, 0.717) is 25.4 Å². The van der Waals surface area contributed by atoms with E-state index >= 15 is 0 Å². The maximum atomic E-state index is 13.3. The molecule has 6 heteroatoms. The van der Waals surface area contributed by atoms with E-state index in [9.17, 15) is 9.59 Å². The number of carbonyl (C=O) groups excluding carboxylic acids is 2. The second kappa shape index (κ2) is 8.69. The SMILES string of the molecule is CC(=O)N[C@H](CC(C)C)C(=O)N1CC[C@@H]2O[C@@H]3c4ccc(C)cc4OC(C)(C)[C@H]3C[C@@H]2C1. The summed E-state index contributed by atoms with van der Waals surface area (Å²) in [5.41, 5.74) is 2.01. The number of carbonyl (C=O) groups is 2. The number of piperidine rings is 1. The van der Waals surface area contributed by atoms with E-state index in [1.165, 1.54) is 12.5 Å². The van der Waals surface area contributed by atoms with Crippen molar-refractivity contribution >= 4 is 11.8 Å². The minimum Gasteiger partial charge on any atom is -0.487 e. The number of aryl methyl sites for hydroxylation is 1. The standard InChI is InChI=1S/C26H38N2O4/c1-15(2)11-21(27-17(4)29)25(30)28-10-9-22-18(14-28)13-20-24(31-22)19-8-7-16(3)12-23(19)32-26(20,5)6/h7-8,12,15,18,20-22,24H,9-11,13-14H2,1-6H3,(H,27,29)/t18-,20+,21-,22+,24-/m1/s1. The molecule has 32 heavy (non-hydrogen) atoms. The zero-order valence-corrected chi connectivity index (χ0v) is 20.3. The number of fused-ring (bicyclic) bond motifs is 4. The average Bonchev–Trinajstić information content (AvgIpc) is 2.70. The molecule has 2 saturated heterocycles. The van der Waals surface area contributed by atoms with Gasteiger partial charge in [0.2, 0.25) is 11.8 Å². The summed E-state index contributed by atoms with van der Waals surface area (Å²) in [6, 6.07) is 5.94. The van der Waals surface area contributed by atoms with Gasteiger partial charge in [-0.05, 0) is 57.6 Å². The first kappa shape index (κ1) is 23.1. The van der Waals surface area contributed by atoms with E-state index in [1.807, 2.05) is 4.90 Å². The molecule has 0 aliphatic carbocycles. The van der Waals surface area contributed by atoms with Crippen LogP contribution in [0, 0.1) is 24.7 Å². The van der Waals surface area contributed by atoms with Gasteiger partial charge in [0, 0.05) is 37.4 Å². The van der Waals surface area contributed by atoms with Crippen molar-refractivity contribution < 1.29 is 19.1 Å². The highest BCUT2D eigenvalue weighted by atomic mass is 16.5. The number of ether oxygens (including phenoxy) is 2. The fourth-order valence-electron chi connectivity index (χ4n) is 5.77. The number of amides is 2. The van der Waals surface area contributed by atoms with Gasteiger partial charge in [0.05, 0.1) is 12.2 Å². The van der Waals surface area contributed by atoms with Gasteiger partial charge in [-0.25, -0.2) is 0 Å². The van der Waals surface area contributed by atoms with Crippen LogP contribution in [0.1, 0.15) is 71.1 Å². The van der Waals surface area contributed by atoms with Gasteiger partial charge >= 0.3 is 0 Å². The second-order valence-corrected chi connectivity index (χ2v) is 10.9. The Bertz CT molecular complexity index is 881. The Hall–Kier alpha value is -2.08. The Kier molecular flexibility index (Phi) is 6.27. The molecule has 0 saturated carbocycles. The van der Waals surface area contributed by atoms with E-state index < -0.39 is 6.04 Å². The zero-order valence-electron chi connectivity index (χ0n) is 20.3. The molecule has 0 spiro atoms. The van der Waals surface area contributed by atoms with Crippen molar-refractivity contribution in [2.45, 2.75) is 84.7 Å². The molecule has 2 amide bonds. The summed E-state index contributed by atoms with van der Waals surface area (Å²) in [5, 5.41) is 2.87. The molecule has 0 radical (unpaired) electrons. The van der Waals surface area contributed by atoms with E-state index in [1.54, 1.807) is 0 Å². The summed E-state index contributed by atoms with van der Waals surface area (Å²) in [4.78, 5) is 26.9. The maximum Gasteiger partial charge on any atom is 0.245 e. The van der Waals surface area contributed by atoms with Crippen molar-refractivity contribution in [2.75, 3.05) is 13.1 Å². The van der Waals surface area contributed by atoms with Crippen LogP contribution >= 0.6 is 0 Å². The van der Waals surface area contributed by atoms with Crippen LogP contribution in [-0.2, 0) is 14.3 Å². The molecule has 1 aromatic carbocycles. The summed E-state index contributed by atoms with van der Waals surface area (Å²) in [6.07, 6.45) is 2.63. The molecule has 3 heterocycles. The molecular weight excluding hydrogens is 404 g/mol. The third-order valence-electron chi connectivity index (χ3n) is 7.34. The largest absolute Gasteiger partial charge is 0.487 e. The molecule has 1 aromatic rings. The number of nitrogens with one attached hydrogen (secondary N) is 1. The Labute approximate surface area is 192 Å². The summed E-state index contributed by atoms with van der Waals surface area (Å²) >= 11 is 0. The monoisotopic (exact) mass is 442 g/mol. The second-order valence-electron chi connectivity index (χ2n) is 10.9. The molecule has 0 bridgehead atoms. The molecule has 0 unspecified atom stereocenters. The van der Waals surface area contributed by atoms with E-state index in [0.717, 1.165) is 24.2 Å². The van der Waals surface area contributed by atoms with Gasteiger partial charge in [-0.1, -0.05) is 26.0 Å². The Morgan fingerprint density at radius 1 is 1.28 bits per heavy atom. The highest BCUT2D eigenvalue weighted by Gasteiger charge is 2.51. The van der Waals surface area contributed by atoms with Crippen molar-refractivity contribution in [3.8, 4) is 5.75 Å². The highest BCUT2D eigenvalue weighted by Crippen LogP contribution is 2.53. The number of rotatable bonds is 4. The van der Waals surface area contributed by atoms with Crippen molar-refractivity contribution in [3.05, 3.63) is 29.3 Å². The Morgan fingerprint density at radius 2 is 2.03 bits per heavy atom. The number of benzene rings is 1. The molecule has 5 atom stereocenters. The lowest BCUT2D eigenvalue weighted by atomic mass is 9.70. The summed E-state index contributed by atoms with van der Waals surface area (Å²) in [6.45, 7) is 13.4. The first-order valence-corrected chi connectivity index (χ1v) is 12.1. The third kappa shape index (κ3) is 4.52. The lowest BCUT2D eigenvalue weighted by molar-refractivity contribution is -0.189. The van der Waals surface area contributed by atoms with E-state index in [-0.39, 0.29) is 41.5 Å². The Morgan fingerprint density at radius 3 is 2.72 bits per heavy atom. The quantitative estimate of drug-likeness (QED) is 0.765. The fourth-order valence-corrected chi connectivity index (χ4v) is 5.77. The van der Waals surface area contributed by atoms with Crippen LogP contribution in [0.3, 0.4) is 0 Å². The highest BCUT2D eigenvalue weighted by molar-refractivity contribution is 5.87. The first-order valence-electron chi connectivity index (χ1n) is 12.1. The van der Waals surface area contributed by atoms with Crippen LogP contribution in [0.2, 0.25) is 0 Å². The number of hydrogen-bond acceptors (Lipinski definition) is 4. The minimum absolute atomic E-state index is 0.0333. The molecule has 0 aromatic heterocycles. The van der Waals surface area contributed by atoms with Gasteiger partial charge in [0.1, 0.15) is 17.4 Å². The summed E-state index contributed by atoms with van der Waals surface area (Å²) in [5.74, 6) is 1.66. The maximum absolute atomic E-state index is 13.3. The van der Waals surface area contributed by atoms with Gasteiger partial charge in [0.25, 0.3) is 0 Å². The zero-order chi connectivity index (χ0) is 23.2. The number of nitrogens with zero attached hydrogens (tertiary/aromatic N) is 1. The lowest BCUT2D eigenvalue weighted by Crippen LogP contribution is -2.58. The van der Waals surface area contributed by atoms with Gasteiger partial charge in [-0.3, -0.25) is 9.59 Å². The topological polar surface area (TPSA) is 67.9 Å². The van der Waals surface area contributed by atoms with E-state index in [4.69, 9.17) is 9.47 Å². The van der Waals surface area contributed by atoms with Crippen molar-refractivity contribution in [3.63, 3.8) is 0 Å². The van der Waals surface area contributed by atoms with E-state index in [2.05, 4.69) is 58.1 Å². The molecule has 176 valence electrons. The van der Waals surface area contributed by atoms with Gasteiger partial charge < -0.3 is 19.7 Å². The van der Waals surface area contributed by atoms with Gasteiger partial charge in [-0.15, -0.1) is 0 Å². The normalized spacial score (nSPS) is 29.3. The van der Waals surface area contributed by atoms with Gasteiger partial charge in [-0.2, -0.15) is 0 Å². The predicted molar refractivity (Wildman–Crippen MR) is 123 cm³/mol. The average molecular weight is 443 g/mol. The van der Waals surface area contributed by atoms with Crippen molar-refractivity contribution in [1.82, 2.24) is 10.2 Å². The summed E-state index contributed by atoms with van der Waals surface area (Å²) < 4.78 is 13.2. The lowest BCUT2D eigenvalue weighted by Gasteiger charge is -2.53. The number of likely N-dealkylation sites (tertiary alicyclic amines) is 1. The molecule has 1 N–H and O–H groups in total. The van der Waals surface area contributed by atoms with Crippen LogP contribution in [0.5, 0.6) is 5.75 Å². The minimum atomic E-state index is -0.453. The molecule has 3 aliphatic heterocycles. The fraction of sp³-hybridized carbons (Fsp3) is 0.692. The van der Waals surface area contributed by atoms with Crippen molar-refractivity contribution in [1.29, 1.82) is 0 Å².